The number of nitrogens with zero attached hydrogens (tertiary/aromatic N) is 1. The molecular weight excluding hydrogens is 369 g/mol. The Morgan fingerprint density at radius 3 is 2.40 bits per heavy atom. The van der Waals surface area contributed by atoms with Gasteiger partial charge in [0.25, 0.3) is 11.8 Å². The minimum Gasteiger partial charge on any atom is -0.493 e. The SMILES string of the molecule is COc1cc(C(=O)N(C)CC(C)(C)CN)cc(Cl)c1OCC(N)=O.Cl. The molecule has 0 unspecified atom stereocenters. The Morgan fingerprint density at radius 2 is 1.92 bits per heavy atom. The molecule has 0 aliphatic carbocycles. The van der Waals surface area contributed by atoms with Gasteiger partial charge in [-0.1, -0.05) is 25.4 Å². The van der Waals surface area contributed by atoms with Gasteiger partial charge in [-0.15, -0.1) is 12.4 Å². The molecular formula is C16H25Cl2N3O4. The summed E-state index contributed by atoms with van der Waals surface area (Å²) in [7, 11) is 3.11. The third-order valence-corrected chi connectivity index (χ3v) is 3.68. The molecule has 0 radical (unpaired) electrons. The molecule has 0 saturated heterocycles. The first-order chi connectivity index (χ1) is 11.1. The minimum atomic E-state index is -0.642. The van der Waals surface area contributed by atoms with E-state index in [-0.39, 0.29) is 46.9 Å². The van der Waals surface area contributed by atoms with Crippen molar-refractivity contribution in [3.05, 3.63) is 22.7 Å². The van der Waals surface area contributed by atoms with E-state index in [4.69, 9.17) is 32.5 Å². The number of hydrogen-bond acceptors (Lipinski definition) is 5. The van der Waals surface area contributed by atoms with Gasteiger partial charge in [0.1, 0.15) is 0 Å². The molecule has 0 aliphatic heterocycles. The summed E-state index contributed by atoms with van der Waals surface area (Å²) in [5.41, 5.74) is 10.9. The highest BCUT2D eigenvalue weighted by atomic mass is 35.5. The first-order valence-electron chi connectivity index (χ1n) is 7.35. The Balaban J connectivity index is 0.00000576. The number of carbonyl (C=O) groups excluding carboxylic acids is 2. The maximum Gasteiger partial charge on any atom is 0.255 e. The summed E-state index contributed by atoms with van der Waals surface area (Å²) in [6.45, 7) is 4.56. The molecule has 1 aromatic rings. The normalized spacial score (nSPS) is 10.6. The van der Waals surface area contributed by atoms with Crippen molar-refractivity contribution in [2.24, 2.45) is 16.9 Å². The van der Waals surface area contributed by atoms with Crippen molar-refractivity contribution in [3.63, 3.8) is 0 Å². The van der Waals surface area contributed by atoms with Crippen LogP contribution in [0.5, 0.6) is 11.5 Å². The number of carbonyl (C=O) groups is 2. The van der Waals surface area contributed by atoms with Crippen molar-refractivity contribution in [3.8, 4) is 11.5 Å². The average molecular weight is 394 g/mol. The van der Waals surface area contributed by atoms with Gasteiger partial charge in [0.15, 0.2) is 18.1 Å². The van der Waals surface area contributed by atoms with Gasteiger partial charge in [0.05, 0.1) is 12.1 Å². The maximum absolute atomic E-state index is 12.6. The summed E-state index contributed by atoms with van der Waals surface area (Å²) in [4.78, 5) is 25.0. The minimum absolute atomic E-state index is 0. The second-order valence-electron chi connectivity index (χ2n) is 6.27. The number of halogens is 2. The third kappa shape index (κ3) is 6.61. The number of hydrogen-bond donors (Lipinski definition) is 2. The Labute approximate surface area is 159 Å². The molecule has 0 aromatic heterocycles. The van der Waals surface area contributed by atoms with Gasteiger partial charge in [0.2, 0.25) is 0 Å². The molecule has 7 nitrogen and oxygen atoms in total. The van der Waals surface area contributed by atoms with Crippen LogP contribution in [0, 0.1) is 5.41 Å². The lowest BCUT2D eigenvalue weighted by atomic mass is 9.93. The predicted octanol–water partition coefficient (Wildman–Crippen LogP) is 1.69. The zero-order valence-electron chi connectivity index (χ0n) is 14.8. The maximum atomic E-state index is 12.6. The molecule has 0 aliphatic rings. The number of nitrogens with two attached hydrogens (primary N) is 2. The molecule has 1 rings (SSSR count). The van der Waals surface area contributed by atoms with E-state index in [1.807, 2.05) is 13.8 Å². The standard InChI is InChI=1S/C16H24ClN3O4.ClH/c1-16(2,8-18)9-20(3)15(22)10-5-11(17)14(12(6-10)23-4)24-7-13(19)21;/h5-6H,7-9,18H2,1-4H3,(H2,19,21);1H. The number of primary amides is 1. The average Bonchev–Trinajstić information content (AvgIpc) is 2.51. The van der Waals surface area contributed by atoms with Crippen LogP contribution in [0.25, 0.3) is 0 Å². The lowest BCUT2D eigenvalue weighted by Crippen LogP contribution is -2.39. The van der Waals surface area contributed by atoms with Crippen molar-refractivity contribution in [2.75, 3.05) is 33.9 Å². The Hall–Kier alpha value is -1.70. The van der Waals surface area contributed by atoms with Crippen LogP contribution in [-0.4, -0.2) is 50.6 Å². The summed E-state index contributed by atoms with van der Waals surface area (Å²) in [5, 5.41) is 0.158. The fourth-order valence-electron chi connectivity index (χ4n) is 2.13. The summed E-state index contributed by atoms with van der Waals surface area (Å²) >= 11 is 6.16. The van der Waals surface area contributed by atoms with Crippen molar-refractivity contribution < 1.29 is 19.1 Å². The highest BCUT2D eigenvalue weighted by Crippen LogP contribution is 2.36. The lowest BCUT2D eigenvalue weighted by Gasteiger charge is -2.29. The highest BCUT2D eigenvalue weighted by molar-refractivity contribution is 6.32. The summed E-state index contributed by atoms with van der Waals surface area (Å²) < 4.78 is 10.4. The molecule has 0 fully saturated rings. The van der Waals surface area contributed by atoms with Crippen LogP contribution in [0.2, 0.25) is 5.02 Å². The van der Waals surface area contributed by atoms with Crippen LogP contribution in [0.1, 0.15) is 24.2 Å². The number of ether oxygens (including phenoxy) is 2. The van der Waals surface area contributed by atoms with Crippen molar-refractivity contribution in [2.45, 2.75) is 13.8 Å². The van der Waals surface area contributed by atoms with Crippen LogP contribution in [-0.2, 0) is 4.79 Å². The van der Waals surface area contributed by atoms with E-state index in [1.165, 1.54) is 19.2 Å². The van der Waals surface area contributed by atoms with Crippen LogP contribution in [0.15, 0.2) is 12.1 Å². The fourth-order valence-corrected chi connectivity index (χ4v) is 2.39. The molecule has 1 aromatic carbocycles. The number of amides is 2. The molecule has 0 bridgehead atoms. The van der Waals surface area contributed by atoms with E-state index in [0.717, 1.165) is 0 Å². The first kappa shape index (κ1) is 23.3. The Morgan fingerprint density at radius 1 is 1.32 bits per heavy atom. The summed E-state index contributed by atoms with van der Waals surface area (Å²) in [6.07, 6.45) is 0. The molecule has 0 saturated carbocycles. The Kier molecular flexibility index (Phi) is 9.04. The van der Waals surface area contributed by atoms with Crippen molar-refractivity contribution in [1.82, 2.24) is 4.90 Å². The molecule has 25 heavy (non-hydrogen) atoms. The van der Waals surface area contributed by atoms with E-state index in [9.17, 15) is 9.59 Å². The summed E-state index contributed by atoms with van der Waals surface area (Å²) in [6, 6.07) is 2.98. The van der Waals surface area contributed by atoms with Gasteiger partial charge in [-0.3, -0.25) is 9.59 Å². The molecule has 4 N–H and O–H groups in total. The fraction of sp³-hybridized carbons (Fsp3) is 0.500. The van der Waals surface area contributed by atoms with E-state index < -0.39 is 5.91 Å². The van der Waals surface area contributed by atoms with Gasteiger partial charge in [-0.25, -0.2) is 0 Å². The molecule has 0 atom stereocenters. The van der Waals surface area contributed by atoms with Gasteiger partial charge >= 0.3 is 0 Å². The third-order valence-electron chi connectivity index (χ3n) is 3.40. The van der Waals surface area contributed by atoms with E-state index >= 15 is 0 Å². The number of benzene rings is 1. The molecule has 0 spiro atoms. The van der Waals surface area contributed by atoms with Crippen LogP contribution >= 0.6 is 24.0 Å². The zero-order chi connectivity index (χ0) is 18.5. The number of rotatable bonds is 8. The van der Waals surface area contributed by atoms with Crippen LogP contribution < -0.4 is 20.9 Å². The highest BCUT2D eigenvalue weighted by Gasteiger charge is 2.24. The zero-order valence-corrected chi connectivity index (χ0v) is 16.4. The van der Waals surface area contributed by atoms with E-state index in [0.29, 0.717) is 18.7 Å². The summed E-state index contributed by atoms with van der Waals surface area (Å²) in [5.74, 6) is -0.451. The molecule has 2 amide bonds. The van der Waals surface area contributed by atoms with Gasteiger partial charge < -0.3 is 25.8 Å². The van der Waals surface area contributed by atoms with Gasteiger partial charge in [0, 0.05) is 19.2 Å². The van der Waals surface area contributed by atoms with Crippen molar-refractivity contribution >= 4 is 35.8 Å². The van der Waals surface area contributed by atoms with E-state index in [1.54, 1.807) is 11.9 Å². The Bertz CT molecular complexity index is 624. The predicted molar refractivity (Wildman–Crippen MR) is 99.7 cm³/mol. The molecule has 9 heteroatoms. The molecule has 142 valence electrons. The number of methoxy groups -OCH3 is 1. The first-order valence-corrected chi connectivity index (χ1v) is 7.73. The van der Waals surface area contributed by atoms with Gasteiger partial charge in [-0.05, 0) is 24.1 Å². The van der Waals surface area contributed by atoms with Gasteiger partial charge in [-0.2, -0.15) is 0 Å². The molecule has 0 heterocycles. The smallest absolute Gasteiger partial charge is 0.255 e. The van der Waals surface area contributed by atoms with Crippen molar-refractivity contribution in [1.29, 1.82) is 0 Å². The lowest BCUT2D eigenvalue weighted by molar-refractivity contribution is -0.119. The van der Waals surface area contributed by atoms with Crippen LogP contribution in [0.3, 0.4) is 0 Å². The second-order valence-corrected chi connectivity index (χ2v) is 6.68. The van der Waals surface area contributed by atoms with E-state index in [2.05, 4.69) is 0 Å². The largest absolute Gasteiger partial charge is 0.493 e. The monoisotopic (exact) mass is 393 g/mol. The quantitative estimate of drug-likeness (QED) is 0.698. The topological polar surface area (TPSA) is 108 Å². The van der Waals surface area contributed by atoms with Crippen LogP contribution in [0.4, 0.5) is 0 Å². The second kappa shape index (κ2) is 9.70.